The molecule has 0 radical (unpaired) electrons. The Morgan fingerprint density at radius 1 is 0.964 bits per heavy atom. The lowest BCUT2D eigenvalue weighted by Crippen LogP contribution is -2.42. The fourth-order valence-corrected chi connectivity index (χ4v) is 3.07. The van der Waals surface area contributed by atoms with Crippen LogP contribution in [0.2, 0.25) is 0 Å². The van der Waals surface area contributed by atoms with Crippen molar-refractivity contribution < 1.29 is 19.5 Å². The summed E-state index contributed by atoms with van der Waals surface area (Å²) in [5.74, 6) is -1.88. The largest absolute Gasteiger partial charge is 0.480 e. The Labute approximate surface area is 162 Å². The minimum absolute atomic E-state index is 0.161. The lowest BCUT2D eigenvalue weighted by molar-refractivity contribution is -0.139. The van der Waals surface area contributed by atoms with Crippen LogP contribution in [0.3, 0.4) is 0 Å². The predicted octanol–water partition coefficient (Wildman–Crippen LogP) is 3.22. The smallest absolute Gasteiger partial charge is 0.326 e. The van der Waals surface area contributed by atoms with Crippen LogP contribution in [-0.4, -0.2) is 28.9 Å². The number of amides is 2. The summed E-state index contributed by atoms with van der Waals surface area (Å²) < 4.78 is 0. The summed E-state index contributed by atoms with van der Waals surface area (Å²) in [6, 6.07) is 18.7. The molecule has 0 saturated heterocycles. The molecule has 3 aromatic rings. The van der Waals surface area contributed by atoms with Gasteiger partial charge in [-0.2, -0.15) is 0 Å². The zero-order chi connectivity index (χ0) is 20.1. The van der Waals surface area contributed by atoms with Gasteiger partial charge in [0.25, 0.3) is 5.91 Å². The first-order valence-electron chi connectivity index (χ1n) is 8.82. The minimum atomic E-state index is -1.11. The van der Waals surface area contributed by atoms with Crippen LogP contribution in [0.25, 0.3) is 10.8 Å². The van der Waals surface area contributed by atoms with Gasteiger partial charge >= 0.3 is 5.97 Å². The second-order valence-corrected chi connectivity index (χ2v) is 6.47. The van der Waals surface area contributed by atoms with Gasteiger partial charge in [-0.15, -0.1) is 0 Å². The highest BCUT2D eigenvalue weighted by molar-refractivity contribution is 5.98. The molecule has 0 aliphatic carbocycles. The molecular formula is C22H20N2O4. The highest BCUT2D eigenvalue weighted by atomic mass is 16.4. The molecule has 0 spiro atoms. The van der Waals surface area contributed by atoms with Gasteiger partial charge in [0, 0.05) is 24.6 Å². The molecule has 1 atom stereocenters. The van der Waals surface area contributed by atoms with Crippen LogP contribution in [0.1, 0.15) is 22.8 Å². The Balaban J connectivity index is 1.80. The summed E-state index contributed by atoms with van der Waals surface area (Å²) in [5.41, 5.74) is 1.59. The van der Waals surface area contributed by atoms with E-state index in [9.17, 15) is 19.5 Å². The van der Waals surface area contributed by atoms with E-state index < -0.39 is 17.9 Å². The summed E-state index contributed by atoms with van der Waals surface area (Å²) >= 11 is 0. The molecule has 0 saturated carbocycles. The van der Waals surface area contributed by atoms with E-state index in [4.69, 9.17) is 0 Å². The number of fused-ring (bicyclic) bond motifs is 1. The predicted molar refractivity (Wildman–Crippen MR) is 107 cm³/mol. The van der Waals surface area contributed by atoms with Crippen LogP contribution in [0.4, 0.5) is 5.69 Å². The molecule has 142 valence electrons. The van der Waals surface area contributed by atoms with E-state index in [0.717, 1.165) is 16.3 Å². The molecule has 0 bridgehead atoms. The van der Waals surface area contributed by atoms with E-state index in [1.54, 1.807) is 18.2 Å². The van der Waals surface area contributed by atoms with Crippen LogP contribution in [0, 0.1) is 0 Å². The number of carbonyl (C=O) groups is 3. The Hall–Kier alpha value is -3.67. The fourth-order valence-electron chi connectivity index (χ4n) is 3.07. The van der Waals surface area contributed by atoms with Crippen molar-refractivity contribution >= 4 is 34.2 Å². The monoisotopic (exact) mass is 376 g/mol. The molecule has 3 aromatic carbocycles. The molecule has 2 amide bonds. The molecule has 0 unspecified atom stereocenters. The average Bonchev–Trinajstić information content (AvgIpc) is 2.67. The van der Waals surface area contributed by atoms with E-state index in [1.165, 1.54) is 13.0 Å². The number of aliphatic carboxylic acids is 1. The first-order valence-corrected chi connectivity index (χ1v) is 8.82. The van der Waals surface area contributed by atoms with Gasteiger partial charge in [0.2, 0.25) is 5.91 Å². The standard InChI is InChI=1S/C22H20N2O4/c1-14(25)23-18-10-5-9-17(12-18)21(26)24-20(22(27)28)13-16-8-4-7-15-6-2-3-11-19(15)16/h2-12,20H,13H2,1H3,(H,23,25)(H,24,26)(H,27,28)/t20-/m0/s1. The number of carboxylic acid groups (broad SMARTS) is 1. The van der Waals surface area contributed by atoms with Crippen LogP contribution >= 0.6 is 0 Å². The molecule has 3 N–H and O–H groups in total. The number of rotatable bonds is 6. The molecule has 28 heavy (non-hydrogen) atoms. The van der Waals surface area contributed by atoms with E-state index >= 15 is 0 Å². The maximum Gasteiger partial charge on any atom is 0.326 e. The number of hydrogen-bond donors (Lipinski definition) is 3. The molecule has 3 rings (SSSR count). The summed E-state index contributed by atoms with van der Waals surface area (Å²) in [6.45, 7) is 1.37. The van der Waals surface area contributed by atoms with Crippen LogP contribution < -0.4 is 10.6 Å². The van der Waals surface area contributed by atoms with Crippen molar-refractivity contribution in [1.82, 2.24) is 5.32 Å². The average molecular weight is 376 g/mol. The van der Waals surface area contributed by atoms with Crippen molar-refractivity contribution in [3.05, 3.63) is 77.9 Å². The van der Waals surface area contributed by atoms with Crippen LogP contribution in [0.5, 0.6) is 0 Å². The number of hydrogen-bond acceptors (Lipinski definition) is 3. The first kappa shape index (κ1) is 19.1. The summed E-state index contributed by atoms with van der Waals surface area (Å²) in [4.78, 5) is 35.5. The molecular weight excluding hydrogens is 356 g/mol. The molecule has 0 heterocycles. The second kappa shape index (κ2) is 8.35. The van der Waals surface area contributed by atoms with Gasteiger partial charge in [0.05, 0.1) is 0 Å². The van der Waals surface area contributed by atoms with Crippen molar-refractivity contribution in [2.75, 3.05) is 5.32 Å². The number of benzene rings is 3. The normalized spacial score (nSPS) is 11.6. The molecule has 6 heteroatoms. The molecule has 6 nitrogen and oxygen atoms in total. The molecule has 0 aliphatic heterocycles. The van der Waals surface area contributed by atoms with Crippen LogP contribution in [0.15, 0.2) is 66.7 Å². The third kappa shape index (κ3) is 4.54. The van der Waals surface area contributed by atoms with Gasteiger partial charge in [0.15, 0.2) is 0 Å². The minimum Gasteiger partial charge on any atom is -0.480 e. The van der Waals surface area contributed by atoms with Crippen LogP contribution in [-0.2, 0) is 16.0 Å². The van der Waals surface area contributed by atoms with Gasteiger partial charge in [-0.3, -0.25) is 9.59 Å². The maximum atomic E-state index is 12.6. The topological polar surface area (TPSA) is 95.5 Å². The van der Waals surface area contributed by atoms with Crippen molar-refractivity contribution in [3.63, 3.8) is 0 Å². The van der Waals surface area contributed by atoms with Gasteiger partial charge in [0.1, 0.15) is 6.04 Å². The SMILES string of the molecule is CC(=O)Nc1cccc(C(=O)N[C@@H](Cc2cccc3ccccc23)C(=O)O)c1. The van der Waals surface area contributed by atoms with Crippen molar-refractivity contribution in [1.29, 1.82) is 0 Å². The van der Waals surface area contributed by atoms with Gasteiger partial charge in [-0.25, -0.2) is 4.79 Å². The van der Waals surface area contributed by atoms with E-state index in [0.29, 0.717) is 5.69 Å². The Kier molecular flexibility index (Phi) is 5.69. The molecule has 0 fully saturated rings. The fraction of sp³-hybridized carbons (Fsp3) is 0.136. The van der Waals surface area contributed by atoms with Crippen molar-refractivity contribution in [2.45, 2.75) is 19.4 Å². The lowest BCUT2D eigenvalue weighted by Gasteiger charge is -2.16. The third-order valence-electron chi connectivity index (χ3n) is 4.35. The third-order valence-corrected chi connectivity index (χ3v) is 4.35. The quantitative estimate of drug-likeness (QED) is 0.615. The van der Waals surface area contributed by atoms with Crippen molar-refractivity contribution in [3.8, 4) is 0 Å². The zero-order valence-corrected chi connectivity index (χ0v) is 15.3. The highest BCUT2D eigenvalue weighted by Crippen LogP contribution is 2.20. The first-order chi connectivity index (χ1) is 13.4. The van der Waals surface area contributed by atoms with Gasteiger partial charge < -0.3 is 15.7 Å². The van der Waals surface area contributed by atoms with Gasteiger partial charge in [-0.05, 0) is 34.5 Å². The Morgan fingerprint density at radius 2 is 1.68 bits per heavy atom. The summed E-state index contributed by atoms with van der Waals surface area (Å²) in [5, 5.41) is 16.7. The van der Waals surface area contributed by atoms with Crippen molar-refractivity contribution in [2.24, 2.45) is 0 Å². The number of nitrogens with one attached hydrogen (secondary N) is 2. The molecule has 0 aromatic heterocycles. The number of carboxylic acids is 1. The molecule has 0 aliphatic rings. The van der Waals surface area contributed by atoms with Gasteiger partial charge in [-0.1, -0.05) is 48.5 Å². The Bertz CT molecular complexity index is 1040. The Morgan fingerprint density at radius 3 is 2.43 bits per heavy atom. The highest BCUT2D eigenvalue weighted by Gasteiger charge is 2.22. The zero-order valence-electron chi connectivity index (χ0n) is 15.3. The maximum absolute atomic E-state index is 12.6. The second-order valence-electron chi connectivity index (χ2n) is 6.47. The van der Waals surface area contributed by atoms with E-state index in [1.807, 2.05) is 42.5 Å². The number of carbonyl (C=O) groups excluding carboxylic acids is 2. The number of anilines is 1. The van der Waals surface area contributed by atoms with E-state index in [2.05, 4.69) is 10.6 Å². The lowest BCUT2D eigenvalue weighted by atomic mass is 9.98. The summed E-state index contributed by atoms with van der Waals surface area (Å²) in [6.07, 6.45) is 0.161. The van der Waals surface area contributed by atoms with E-state index in [-0.39, 0.29) is 17.9 Å². The summed E-state index contributed by atoms with van der Waals surface area (Å²) in [7, 11) is 0.